The maximum atomic E-state index is 2.41. The lowest BCUT2D eigenvalue weighted by atomic mass is 10.1. The van der Waals surface area contributed by atoms with Gasteiger partial charge in [0.15, 0.2) is 0 Å². The fraction of sp³-hybridized carbons (Fsp3) is 0.360. The highest BCUT2D eigenvalue weighted by atomic mass is 32.3. The van der Waals surface area contributed by atoms with Crippen LogP contribution in [0.5, 0.6) is 0 Å². The molecule has 0 amide bonds. The molecule has 0 unspecified atom stereocenters. The van der Waals surface area contributed by atoms with Crippen LogP contribution in [0.25, 0.3) is 0 Å². The Labute approximate surface area is 169 Å². The third kappa shape index (κ3) is 4.68. The molecule has 1 nitrogen and oxygen atoms in total. The molecule has 0 saturated carbocycles. The fourth-order valence-electron chi connectivity index (χ4n) is 3.35. The monoisotopic (exact) mass is 383 g/mol. The summed E-state index contributed by atoms with van der Waals surface area (Å²) in [4.78, 5) is 5.34. The van der Waals surface area contributed by atoms with Crippen LogP contribution in [-0.4, -0.2) is 12.5 Å². The average Bonchev–Trinajstić information content (AvgIpc) is 2.70. The Morgan fingerprint density at radius 2 is 1.44 bits per heavy atom. The van der Waals surface area contributed by atoms with Gasteiger partial charge in [0.1, 0.15) is 0 Å². The highest BCUT2D eigenvalue weighted by molar-refractivity contribution is 8.36. The molecule has 27 heavy (non-hydrogen) atoms. The molecule has 0 aromatic heterocycles. The number of para-hydroxylation sites is 1. The van der Waals surface area contributed by atoms with Crippen LogP contribution in [0.4, 0.5) is 11.4 Å². The summed E-state index contributed by atoms with van der Waals surface area (Å²) in [5, 5.41) is 0. The van der Waals surface area contributed by atoms with E-state index in [0.29, 0.717) is 0 Å². The van der Waals surface area contributed by atoms with Crippen LogP contribution in [0, 0.1) is 6.92 Å². The number of rotatable bonds is 2. The van der Waals surface area contributed by atoms with E-state index in [1.165, 1.54) is 32.4 Å². The van der Waals surface area contributed by atoms with E-state index >= 15 is 0 Å². The second-order valence-electron chi connectivity index (χ2n) is 6.42. The maximum absolute atomic E-state index is 2.41. The lowest BCUT2D eigenvalue weighted by Crippen LogP contribution is -2.24. The Kier molecular flexibility index (Phi) is 8.92. The minimum atomic E-state index is -1.01. The summed E-state index contributed by atoms with van der Waals surface area (Å²) in [7, 11) is -1.01. The molecule has 2 aromatic carbocycles. The van der Waals surface area contributed by atoms with E-state index in [9.17, 15) is 0 Å². The normalized spacial score (nSPS) is 16.0. The van der Waals surface area contributed by atoms with E-state index < -0.39 is 10.0 Å². The quantitative estimate of drug-likeness (QED) is 0.503. The van der Waals surface area contributed by atoms with Crippen molar-refractivity contribution in [2.75, 3.05) is 17.4 Å². The van der Waals surface area contributed by atoms with Gasteiger partial charge in [0.05, 0.1) is 5.69 Å². The molecular weight excluding hydrogens is 346 g/mol. The molecule has 0 atom stereocenters. The lowest BCUT2D eigenvalue weighted by Gasteiger charge is -2.45. The Bertz CT molecular complexity index is 785. The molecule has 0 fully saturated rings. The van der Waals surface area contributed by atoms with Gasteiger partial charge in [0.2, 0.25) is 0 Å². The van der Waals surface area contributed by atoms with Gasteiger partial charge in [0, 0.05) is 21.2 Å². The first-order chi connectivity index (χ1) is 13.0. The van der Waals surface area contributed by atoms with Crippen molar-refractivity contribution >= 4 is 21.4 Å². The van der Waals surface area contributed by atoms with Gasteiger partial charge in [-0.25, -0.2) is 0 Å². The van der Waals surface area contributed by atoms with Crippen molar-refractivity contribution in [1.82, 2.24) is 0 Å². The van der Waals surface area contributed by atoms with Crippen molar-refractivity contribution in [1.29, 1.82) is 0 Å². The minimum absolute atomic E-state index is 1.01. The summed E-state index contributed by atoms with van der Waals surface area (Å²) in [6.45, 7) is 14.5. The number of nitrogens with zero attached hydrogens (tertiary/aromatic N) is 1. The smallest absolute Gasteiger partial charge is 0.0582 e. The molecule has 1 aliphatic heterocycles. The van der Waals surface area contributed by atoms with Crippen molar-refractivity contribution in [2.45, 2.75) is 53.4 Å². The van der Waals surface area contributed by atoms with Gasteiger partial charge < -0.3 is 4.90 Å². The molecule has 0 radical (unpaired) electrons. The van der Waals surface area contributed by atoms with Crippen LogP contribution >= 0.6 is 10.0 Å². The molecule has 148 valence electrons. The standard InChI is InChI=1S/C21H25NS.2C2H6/c1-6-10-20-17(3)22(18-11-8-7-9-12-18)19-14-13-16(2)15-21(19)23(20,4)5;2*1-2/h6-15H,1-5H3;2*1-2H3/b10-6-;;. The number of allylic oxidation sites excluding steroid dienone is 3. The summed E-state index contributed by atoms with van der Waals surface area (Å²) in [5.74, 6) is 0. The zero-order valence-corrected chi connectivity index (χ0v) is 19.4. The van der Waals surface area contributed by atoms with Crippen LogP contribution in [0.3, 0.4) is 0 Å². The van der Waals surface area contributed by atoms with Crippen molar-refractivity contribution in [3.8, 4) is 0 Å². The summed E-state index contributed by atoms with van der Waals surface area (Å²) in [5.41, 5.74) is 5.22. The largest absolute Gasteiger partial charge is 0.312 e. The molecule has 1 heterocycles. The van der Waals surface area contributed by atoms with E-state index in [2.05, 4.69) is 98.9 Å². The zero-order chi connectivity index (χ0) is 20.6. The van der Waals surface area contributed by atoms with Gasteiger partial charge in [-0.1, -0.05) is 64.1 Å². The summed E-state index contributed by atoms with van der Waals surface area (Å²) in [6, 6.07) is 17.5. The third-order valence-corrected chi connectivity index (χ3v) is 7.44. The van der Waals surface area contributed by atoms with Gasteiger partial charge >= 0.3 is 0 Å². The minimum Gasteiger partial charge on any atom is -0.312 e. The molecule has 3 rings (SSSR count). The number of anilines is 2. The highest BCUT2D eigenvalue weighted by Crippen LogP contribution is 2.65. The van der Waals surface area contributed by atoms with Crippen LogP contribution < -0.4 is 4.90 Å². The van der Waals surface area contributed by atoms with E-state index in [-0.39, 0.29) is 0 Å². The predicted molar refractivity (Wildman–Crippen MR) is 128 cm³/mol. The van der Waals surface area contributed by atoms with Crippen molar-refractivity contribution in [3.63, 3.8) is 0 Å². The maximum Gasteiger partial charge on any atom is 0.0582 e. The number of benzene rings is 2. The summed E-state index contributed by atoms with van der Waals surface area (Å²) < 4.78 is 0. The second-order valence-corrected chi connectivity index (χ2v) is 9.95. The first-order valence-corrected chi connectivity index (χ1v) is 12.4. The topological polar surface area (TPSA) is 3.24 Å². The molecule has 0 spiro atoms. The second kappa shape index (κ2) is 10.4. The van der Waals surface area contributed by atoms with Crippen LogP contribution in [0.15, 0.2) is 76.2 Å². The third-order valence-electron chi connectivity index (χ3n) is 4.48. The SMILES string of the molecule is C/C=C\C1=C(C)N(c2ccccc2)c2ccc(C)cc2S1(C)C.CC.CC. The van der Waals surface area contributed by atoms with Crippen LogP contribution in [0.2, 0.25) is 0 Å². The first-order valence-electron chi connectivity index (χ1n) is 9.99. The van der Waals surface area contributed by atoms with E-state index in [0.717, 1.165) is 0 Å². The van der Waals surface area contributed by atoms with E-state index in [1.807, 2.05) is 27.7 Å². The Hall–Kier alpha value is -1.93. The first kappa shape index (κ1) is 23.1. The fourth-order valence-corrected chi connectivity index (χ4v) is 6.05. The van der Waals surface area contributed by atoms with E-state index in [4.69, 9.17) is 0 Å². The van der Waals surface area contributed by atoms with Gasteiger partial charge in [-0.15, -0.1) is 0 Å². The van der Waals surface area contributed by atoms with Crippen molar-refractivity contribution in [3.05, 3.63) is 76.8 Å². The molecule has 0 aliphatic carbocycles. The molecule has 1 aliphatic rings. The molecule has 2 aromatic rings. The predicted octanol–water partition coefficient (Wildman–Crippen LogP) is 8.43. The van der Waals surface area contributed by atoms with Crippen LogP contribution in [-0.2, 0) is 0 Å². The van der Waals surface area contributed by atoms with Gasteiger partial charge in [0.25, 0.3) is 0 Å². The Morgan fingerprint density at radius 3 is 2.00 bits per heavy atom. The number of aryl methyl sites for hydroxylation is 1. The molecule has 2 heteroatoms. The Balaban J connectivity index is 0.000000855. The molecular formula is C25H37NS. The molecule has 0 bridgehead atoms. The number of fused-ring (bicyclic) bond motifs is 1. The Morgan fingerprint density at radius 1 is 0.852 bits per heavy atom. The molecule has 0 saturated heterocycles. The summed E-state index contributed by atoms with van der Waals surface area (Å²) in [6.07, 6.45) is 9.28. The van der Waals surface area contributed by atoms with Gasteiger partial charge in [-0.3, -0.25) is 0 Å². The lowest BCUT2D eigenvalue weighted by molar-refractivity contribution is 1.09. The van der Waals surface area contributed by atoms with Crippen molar-refractivity contribution < 1.29 is 0 Å². The highest BCUT2D eigenvalue weighted by Gasteiger charge is 2.32. The van der Waals surface area contributed by atoms with E-state index in [1.54, 1.807) is 0 Å². The van der Waals surface area contributed by atoms with Crippen LogP contribution in [0.1, 0.15) is 47.1 Å². The zero-order valence-electron chi connectivity index (χ0n) is 18.6. The number of hydrogen-bond donors (Lipinski definition) is 0. The molecule has 0 N–H and O–H groups in total. The summed E-state index contributed by atoms with van der Waals surface area (Å²) >= 11 is 0. The van der Waals surface area contributed by atoms with Crippen molar-refractivity contribution in [2.24, 2.45) is 0 Å². The van der Waals surface area contributed by atoms with Gasteiger partial charge in [-0.05, 0) is 63.1 Å². The average molecular weight is 384 g/mol. The number of hydrogen-bond acceptors (Lipinski definition) is 1. The van der Waals surface area contributed by atoms with Gasteiger partial charge in [-0.2, -0.15) is 10.0 Å².